The molecule has 21 heavy (non-hydrogen) atoms. The van der Waals surface area contributed by atoms with Crippen LogP contribution in [0.15, 0.2) is 46.9 Å². The molecule has 0 aliphatic rings. The van der Waals surface area contributed by atoms with E-state index in [0.29, 0.717) is 5.56 Å². The van der Waals surface area contributed by atoms with Crippen LogP contribution in [0.5, 0.6) is 5.75 Å². The molecule has 2 rings (SSSR count). The number of benzene rings is 2. The van der Waals surface area contributed by atoms with E-state index in [2.05, 4.69) is 40.3 Å². The van der Waals surface area contributed by atoms with Gasteiger partial charge >= 0.3 is 0 Å². The minimum atomic E-state index is -0.425. The zero-order valence-electron chi connectivity index (χ0n) is 12.1. The van der Waals surface area contributed by atoms with E-state index in [-0.39, 0.29) is 17.8 Å². The Morgan fingerprint density at radius 2 is 1.81 bits per heavy atom. The van der Waals surface area contributed by atoms with Gasteiger partial charge in [0.25, 0.3) is 0 Å². The molecule has 0 heterocycles. The molecule has 2 N–H and O–H groups in total. The molecule has 4 heteroatoms. The predicted molar refractivity (Wildman–Crippen MR) is 86.9 cm³/mol. The SMILES string of the molecule is CC(Cc1ccc(Br)cc1)NC(C)c1ccc(F)cc1O. The Morgan fingerprint density at radius 3 is 2.43 bits per heavy atom. The molecule has 0 bridgehead atoms. The van der Waals surface area contributed by atoms with Gasteiger partial charge in [0.05, 0.1) is 0 Å². The first-order valence-electron chi connectivity index (χ1n) is 6.94. The van der Waals surface area contributed by atoms with E-state index >= 15 is 0 Å². The van der Waals surface area contributed by atoms with E-state index in [0.717, 1.165) is 17.0 Å². The summed E-state index contributed by atoms with van der Waals surface area (Å²) in [7, 11) is 0. The van der Waals surface area contributed by atoms with E-state index in [1.807, 2.05) is 19.1 Å². The summed E-state index contributed by atoms with van der Waals surface area (Å²) < 4.78 is 14.1. The van der Waals surface area contributed by atoms with Gasteiger partial charge in [0.1, 0.15) is 11.6 Å². The monoisotopic (exact) mass is 351 g/mol. The Hall–Kier alpha value is -1.39. The average molecular weight is 352 g/mol. The molecule has 0 spiro atoms. The number of aromatic hydroxyl groups is 1. The van der Waals surface area contributed by atoms with Crippen molar-refractivity contribution in [2.45, 2.75) is 32.4 Å². The van der Waals surface area contributed by atoms with Crippen LogP contribution < -0.4 is 5.32 Å². The maximum absolute atomic E-state index is 13.0. The van der Waals surface area contributed by atoms with Gasteiger partial charge in [-0.25, -0.2) is 4.39 Å². The van der Waals surface area contributed by atoms with Crippen LogP contribution in [-0.2, 0) is 6.42 Å². The summed E-state index contributed by atoms with van der Waals surface area (Å²) in [4.78, 5) is 0. The maximum atomic E-state index is 13.0. The molecular formula is C17H19BrFNO. The Morgan fingerprint density at radius 1 is 1.14 bits per heavy atom. The van der Waals surface area contributed by atoms with Gasteiger partial charge in [0, 0.05) is 28.2 Å². The summed E-state index contributed by atoms with van der Waals surface area (Å²) in [6.45, 7) is 4.06. The third kappa shape index (κ3) is 4.55. The molecule has 0 radical (unpaired) electrons. The van der Waals surface area contributed by atoms with Crippen molar-refractivity contribution in [1.82, 2.24) is 5.32 Å². The van der Waals surface area contributed by atoms with Crippen molar-refractivity contribution < 1.29 is 9.50 Å². The van der Waals surface area contributed by atoms with E-state index in [9.17, 15) is 9.50 Å². The molecular weight excluding hydrogens is 333 g/mol. The minimum absolute atomic E-state index is 0.00848. The van der Waals surface area contributed by atoms with Gasteiger partial charge in [-0.15, -0.1) is 0 Å². The van der Waals surface area contributed by atoms with Gasteiger partial charge in [0.2, 0.25) is 0 Å². The summed E-state index contributed by atoms with van der Waals surface area (Å²) in [6, 6.07) is 12.6. The van der Waals surface area contributed by atoms with Crippen molar-refractivity contribution in [2.24, 2.45) is 0 Å². The van der Waals surface area contributed by atoms with E-state index < -0.39 is 5.82 Å². The van der Waals surface area contributed by atoms with Crippen molar-refractivity contribution >= 4 is 15.9 Å². The molecule has 112 valence electrons. The molecule has 2 aromatic carbocycles. The number of hydrogen-bond acceptors (Lipinski definition) is 2. The van der Waals surface area contributed by atoms with Crippen LogP contribution in [0.4, 0.5) is 4.39 Å². The highest BCUT2D eigenvalue weighted by Gasteiger charge is 2.14. The molecule has 0 fully saturated rings. The first kappa shape index (κ1) is 16.0. The zero-order chi connectivity index (χ0) is 15.4. The van der Waals surface area contributed by atoms with Crippen molar-refractivity contribution in [3.8, 4) is 5.75 Å². The van der Waals surface area contributed by atoms with Crippen molar-refractivity contribution in [3.05, 3.63) is 63.9 Å². The zero-order valence-corrected chi connectivity index (χ0v) is 13.7. The lowest BCUT2D eigenvalue weighted by Gasteiger charge is -2.21. The predicted octanol–water partition coefficient (Wildman–Crippen LogP) is 4.58. The van der Waals surface area contributed by atoms with E-state index in [4.69, 9.17) is 0 Å². The molecule has 0 aliphatic heterocycles. The van der Waals surface area contributed by atoms with Crippen molar-refractivity contribution in [3.63, 3.8) is 0 Å². The van der Waals surface area contributed by atoms with Gasteiger partial charge in [-0.1, -0.05) is 34.1 Å². The van der Waals surface area contributed by atoms with Gasteiger partial charge in [-0.2, -0.15) is 0 Å². The molecule has 0 saturated heterocycles. The molecule has 2 atom stereocenters. The van der Waals surface area contributed by atoms with Crippen LogP contribution in [0.1, 0.15) is 31.0 Å². The van der Waals surface area contributed by atoms with Crippen LogP contribution >= 0.6 is 15.9 Å². The summed E-state index contributed by atoms with van der Waals surface area (Å²) in [6.07, 6.45) is 0.888. The first-order chi connectivity index (χ1) is 9.95. The van der Waals surface area contributed by atoms with Gasteiger partial charge in [-0.05, 0) is 44.0 Å². The Kier molecular flexibility index (Phi) is 5.37. The molecule has 0 saturated carbocycles. The second-order valence-corrected chi connectivity index (χ2v) is 6.24. The highest BCUT2D eigenvalue weighted by atomic mass is 79.9. The van der Waals surface area contributed by atoms with Crippen LogP contribution in [-0.4, -0.2) is 11.1 Å². The molecule has 2 unspecified atom stereocenters. The minimum Gasteiger partial charge on any atom is -0.508 e. The standard InChI is InChI=1S/C17H19BrFNO/c1-11(9-13-3-5-14(18)6-4-13)20-12(2)16-8-7-15(19)10-17(16)21/h3-8,10-12,20-21H,9H2,1-2H3. The number of hydrogen-bond donors (Lipinski definition) is 2. The van der Waals surface area contributed by atoms with Gasteiger partial charge < -0.3 is 10.4 Å². The normalized spacial score (nSPS) is 13.9. The van der Waals surface area contributed by atoms with Crippen LogP contribution in [0.2, 0.25) is 0 Å². The molecule has 2 nitrogen and oxygen atoms in total. The molecule has 2 aromatic rings. The number of nitrogens with one attached hydrogen (secondary N) is 1. The topological polar surface area (TPSA) is 32.3 Å². The quantitative estimate of drug-likeness (QED) is 0.826. The third-order valence-corrected chi connectivity index (χ3v) is 3.98. The first-order valence-corrected chi connectivity index (χ1v) is 7.74. The number of phenolic OH excluding ortho intramolecular Hbond substituents is 1. The molecule has 0 aromatic heterocycles. The second-order valence-electron chi connectivity index (χ2n) is 5.32. The van der Waals surface area contributed by atoms with E-state index in [1.54, 1.807) is 6.07 Å². The lowest BCUT2D eigenvalue weighted by molar-refractivity contribution is 0.429. The lowest BCUT2D eigenvalue weighted by Crippen LogP contribution is -2.30. The molecule has 0 aliphatic carbocycles. The van der Waals surface area contributed by atoms with Gasteiger partial charge in [0.15, 0.2) is 0 Å². The fourth-order valence-corrected chi connectivity index (χ4v) is 2.70. The van der Waals surface area contributed by atoms with Gasteiger partial charge in [-0.3, -0.25) is 0 Å². The Labute approximate surface area is 133 Å². The highest BCUT2D eigenvalue weighted by Crippen LogP contribution is 2.25. The van der Waals surface area contributed by atoms with Crippen LogP contribution in [0.3, 0.4) is 0 Å². The van der Waals surface area contributed by atoms with Crippen molar-refractivity contribution in [2.75, 3.05) is 0 Å². The molecule has 0 amide bonds. The number of phenols is 1. The summed E-state index contributed by atoms with van der Waals surface area (Å²) >= 11 is 3.42. The number of halogens is 2. The van der Waals surface area contributed by atoms with Crippen LogP contribution in [0.25, 0.3) is 0 Å². The average Bonchev–Trinajstić information content (AvgIpc) is 2.41. The summed E-state index contributed by atoms with van der Waals surface area (Å²) in [5.41, 5.74) is 1.95. The smallest absolute Gasteiger partial charge is 0.126 e. The number of rotatable bonds is 5. The maximum Gasteiger partial charge on any atom is 0.126 e. The Bertz CT molecular complexity index is 600. The summed E-state index contributed by atoms with van der Waals surface area (Å²) in [5, 5.41) is 13.2. The fourth-order valence-electron chi connectivity index (χ4n) is 2.43. The van der Waals surface area contributed by atoms with Crippen molar-refractivity contribution in [1.29, 1.82) is 0 Å². The highest BCUT2D eigenvalue weighted by molar-refractivity contribution is 9.10. The summed E-state index contributed by atoms with van der Waals surface area (Å²) in [5.74, 6) is -0.433. The largest absolute Gasteiger partial charge is 0.508 e. The third-order valence-electron chi connectivity index (χ3n) is 3.45. The lowest BCUT2D eigenvalue weighted by atomic mass is 10.0. The Balaban J connectivity index is 1.98. The fraction of sp³-hybridized carbons (Fsp3) is 0.294. The van der Waals surface area contributed by atoms with E-state index in [1.165, 1.54) is 11.6 Å². The van der Waals surface area contributed by atoms with Crippen LogP contribution in [0, 0.1) is 5.82 Å². The second kappa shape index (κ2) is 7.05.